The summed E-state index contributed by atoms with van der Waals surface area (Å²) in [7, 11) is 3.41. The molecule has 98 valence electrons. The Morgan fingerprint density at radius 3 is 2.42 bits per heavy atom. The third kappa shape index (κ3) is 2.68. The molecule has 0 spiro atoms. The number of carbonyl (C=O) groups excluding carboxylic acids is 1. The van der Waals surface area contributed by atoms with Gasteiger partial charge in [0.05, 0.1) is 12.8 Å². The van der Waals surface area contributed by atoms with Gasteiger partial charge in [-0.2, -0.15) is 0 Å². The first kappa shape index (κ1) is 13.0. The molecule has 0 unspecified atom stereocenters. The summed E-state index contributed by atoms with van der Waals surface area (Å²) in [5, 5.41) is 3.00. The minimum atomic E-state index is 0.434. The maximum atomic E-state index is 10.7. The first-order valence-corrected chi connectivity index (χ1v) is 5.85. The van der Waals surface area contributed by atoms with Crippen LogP contribution in [0.15, 0.2) is 42.5 Å². The fourth-order valence-electron chi connectivity index (χ4n) is 1.91. The Balaban J connectivity index is 2.50. The lowest BCUT2D eigenvalue weighted by Gasteiger charge is -2.12. The Morgan fingerprint density at radius 2 is 1.84 bits per heavy atom. The largest absolute Gasteiger partial charge is 0.497 e. The van der Waals surface area contributed by atoms with Gasteiger partial charge in [0, 0.05) is 12.6 Å². The highest BCUT2D eigenvalue weighted by Gasteiger charge is 2.10. The van der Waals surface area contributed by atoms with Crippen molar-refractivity contribution in [3.8, 4) is 22.6 Å². The van der Waals surface area contributed by atoms with Gasteiger partial charge < -0.3 is 14.8 Å². The zero-order chi connectivity index (χ0) is 13.7. The number of hydrogen-bond acceptors (Lipinski definition) is 4. The van der Waals surface area contributed by atoms with Crippen LogP contribution >= 0.6 is 0 Å². The van der Waals surface area contributed by atoms with Crippen molar-refractivity contribution < 1.29 is 14.3 Å². The Hall–Kier alpha value is -2.49. The van der Waals surface area contributed by atoms with E-state index in [0.29, 0.717) is 12.2 Å². The number of hydrogen-bond donors (Lipinski definition) is 1. The highest BCUT2D eigenvalue weighted by molar-refractivity contribution is 5.80. The van der Waals surface area contributed by atoms with E-state index in [1.807, 2.05) is 42.5 Å². The van der Waals surface area contributed by atoms with Crippen molar-refractivity contribution in [2.45, 2.75) is 0 Å². The van der Waals surface area contributed by atoms with Crippen molar-refractivity contribution in [1.82, 2.24) is 0 Å². The number of ether oxygens (including phenoxy) is 2. The molecule has 0 saturated heterocycles. The second kappa shape index (κ2) is 5.91. The van der Waals surface area contributed by atoms with E-state index in [4.69, 9.17) is 9.47 Å². The van der Waals surface area contributed by atoms with Gasteiger partial charge in [-0.1, -0.05) is 24.3 Å². The van der Waals surface area contributed by atoms with E-state index in [1.165, 1.54) is 0 Å². The molecule has 0 aliphatic rings. The first-order valence-electron chi connectivity index (χ1n) is 5.85. The zero-order valence-corrected chi connectivity index (χ0v) is 10.8. The van der Waals surface area contributed by atoms with E-state index in [-0.39, 0.29) is 0 Å². The summed E-state index contributed by atoms with van der Waals surface area (Å²) < 4.78 is 10.2. The fourth-order valence-corrected chi connectivity index (χ4v) is 1.91. The predicted molar refractivity (Wildman–Crippen MR) is 74.7 cm³/mol. The van der Waals surface area contributed by atoms with Gasteiger partial charge in [0.2, 0.25) is 0 Å². The predicted octanol–water partition coefficient (Wildman–Crippen LogP) is 2.94. The van der Waals surface area contributed by atoms with Crippen LogP contribution in [-0.2, 0) is 4.79 Å². The molecule has 0 saturated carbocycles. The molecule has 0 aromatic heterocycles. The molecule has 2 rings (SSSR count). The summed E-state index contributed by atoms with van der Waals surface area (Å²) in [5.74, 6) is 1.30. The molecule has 1 N–H and O–H groups in total. The molecule has 4 heteroatoms. The third-order valence-corrected chi connectivity index (χ3v) is 2.85. The summed E-state index contributed by atoms with van der Waals surface area (Å²) >= 11 is 0. The maximum Gasteiger partial charge on any atom is 0.298 e. The van der Waals surface area contributed by atoms with E-state index in [1.54, 1.807) is 14.2 Å². The van der Waals surface area contributed by atoms with Crippen LogP contribution in [0, 0.1) is 0 Å². The molecule has 0 bridgehead atoms. The summed E-state index contributed by atoms with van der Waals surface area (Å²) in [6.07, 6.45) is 0. The molecular formula is C15H15NO3. The number of rotatable bonds is 5. The summed E-state index contributed by atoms with van der Waals surface area (Å²) in [4.78, 5) is 10.7. The van der Waals surface area contributed by atoms with Crippen LogP contribution in [0.4, 0.5) is 5.69 Å². The van der Waals surface area contributed by atoms with Crippen molar-refractivity contribution in [3.63, 3.8) is 0 Å². The van der Waals surface area contributed by atoms with Crippen LogP contribution in [0.1, 0.15) is 0 Å². The third-order valence-electron chi connectivity index (χ3n) is 2.85. The first-order chi connectivity index (χ1) is 9.30. The minimum Gasteiger partial charge on any atom is -0.497 e. The smallest absolute Gasteiger partial charge is 0.298 e. The topological polar surface area (TPSA) is 47.6 Å². The Labute approximate surface area is 112 Å². The maximum absolute atomic E-state index is 10.7. The monoisotopic (exact) mass is 257 g/mol. The van der Waals surface area contributed by atoms with E-state index in [0.717, 1.165) is 22.6 Å². The van der Waals surface area contributed by atoms with Crippen LogP contribution in [0.25, 0.3) is 11.1 Å². The van der Waals surface area contributed by atoms with Gasteiger partial charge in [-0.3, -0.25) is 4.79 Å². The van der Waals surface area contributed by atoms with Crippen LogP contribution in [0.2, 0.25) is 0 Å². The van der Waals surface area contributed by atoms with Gasteiger partial charge in [0.25, 0.3) is 6.47 Å². The highest BCUT2D eigenvalue weighted by atomic mass is 16.5. The average Bonchev–Trinajstić information content (AvgIpc) is 2.48. The number of nitrogens with one attached hydrogen (secondary N) is 1. The molecule has 0 atom stereocenters. The van der Waals surface area contributed by atoms with Crippen molar-refractivity contribution in [2.75, 3.05) is 19.5 Å². The lowest BCUT2D eigenvalue weighted by molar-refractivity contribution is -0.120. The minimum absolute atomic E-state index is 0.434. The van der Waals surface area contributed by atoms with Crippen molar-refractivity contribution in [2.24, 2.45) is 0 Å². The molecule has 19 heavy (non-hydrogen) atoms. The molecule has 2 aromatic rings. The van der Waals surface area contributed by atoms with Gasteiger partial charge in [-0.25, -0.2) is 0 Å². The van der Waals surface area contributed by atoms with Crippen LogP contribution in [0.3, 0.4) is 0 Å². The van der Waals surface area contributed by atoms with Crippen LogP contribution in [0.5, 0.6) is 11.5 Å². The molecule has 0 aliphatic heterocycles. The SMILES string of the molecule is CNc1cccc(-c2ccc(OC)cc2)c1OC=O. The van der Waals surface area contributed by atoms with Gasteiger partial charge >= 0.3 is 0 Å². The quantitative estimate of drug-likeness (QED) is 0.837. The van der Waals surface area contributed by atoms with Crippen molar-refractivity contribution in [3.05, 3.63) is 42.5 Å². The molecule has 0 radical (unpaired) electrons. The zero-order valence-electron chi connectivity index (χ0n) is 10.8. The van der Waals surface area contributed by atoms with Gasteiger partial charge in [-0.15, -0.1) is 0 Å². The number of benzene rings is 2. The van der Waals surface area contributed by atoms with Gasteiger partial charge in [-0.05, 0) is 23.8 Å². The molecule has 0 heterocycles. The van der Waals surface area contributed by atoms with Crippen molar-refractivity contribution >= 4 is 12.2 Å². The number of methoxy groups -OCH3 is 1. The van der Waals surface area contributed by atoms with Crippen molar-refractivity contribution in [1.29, 1.82) is 0 Å². The molecular weight excluding hydrogens is 242 g/mol. The van der Waals surface area contributed by atoms with E-state index < -0.39 is 0 Å². The van der Waals surface area contributed by atoms with E-state index in [9.17, 15) is 4.79 Å². The van der Waals surface area contributed by atoms with E-state index >= 15 is 0 Å². The lowest BCUT2D eigenvalue weighted by Crippen LogP contribution is -1.98. The number of carbonyl (C=O) groups is 1. The second-order valence-corrected chi connectivity index (χ2v) is 3.87. The lowest BCUT2D eigenvalue weighted by atomic mass is 10.0. The standard InChI is InChI=1S/C15H15NO3/c1-16-14-5-3-4-13(15(14)19-10-17)11-6-8-12(18-2)9-7-11/h3-10,16H,1-2H3. The summed E-state index contributed by atoms with van der Waals surface area (Å²) in [5.41, 5.74) is 2.57. The van der Waals surface area contributed by atoms with Crippen LogP contribution in [-0.4, -0.2) is 20.6 Å². The molecule has 0 fully saturated rings. The summed E-state index contributed by atoms with van der Waals surface area (Å²) in [6, 6.07) is 13.2. The van der Waals surface area contributed by atoms with Gasteiger partial charge in [0.1, 0.15) is 5.75 Å². The number of anilines is 1. The Bertz CT molecular complexity index is 564. The normalized spacial score (nSPS) is 9.79. The molecule has 2 aromatic carbocycles. The average molecular weight is 257 g/mol. The second-order valence-electron chi connectivity index (χ2n) is 3.87. The van der Waals surface area contributed by atoms with Gasteiger partial charge in [0.15, 0.2) is 5.75 Å². The molecule has 4 nitrogen and oxygen atoms in total. The molecule has 0 aliphatic carbocycles. The Morgan fingerprint density at radius 1 is 1.11 bits per heavy atom. The van der Waals surface area contributed by atoms with Crippen LogP contribution < -0.4 is 14.8 Å². The fraction of sp³-hybridized carbons (Fsp3) is 0.133. The summed E-state index contributed by atoms with van der Waals surface area (Å²) in [6.45, 7) is 0.434. The highest BCUT2D eigenvalue weighted by Crippen LogP contribution is 2.36. The van der Waals surface area contributed by atoms with E-state index in [2.05, 4.69) is 5.32 Å². The Kier molecular flexibility index (Phi) is 4.03. The number of para-hydroxylation sites is 1. The molecule has 0 amide bonds.